The Hall–Kier alpha value is -5.04. The van der Waals surface area contributed by atoms with Crippen LogP contribution < -0.4 is 26.2 Å². The Kier molecular flexibility index (Phi) is 13.1. The van der Waals surface area contributed by atoms with Gasteiger partial charge in [0.2, 0.25) is 0 Å². The van der Waals surface area contributed by atoms with E-state index in [-0.39, 0.29) is 65.3 Å². The van der Waals surface area contributed by atoms with Crippen LogP contribution in [0.25, 0.3) is 49.2 Å². The fourth-order valence-corrected chi connectivity index (χ4v) is 10.1. The van der Waals surface area contributed by atoms with E-state index in [1.807, 2.05) is 19.9 Å². The van der Waals surface area contributed by atoms with Gasteiger partial charge in [0.1, 0.15) is 6.73 Å². The summed E-state index contributed by atoms with van der Waals surface area (Å²) < 4.78 is 16.4. The van der Waals surface area contributed by atoms with Gasteiger partial charge in [-0.1, -0.05) is 25.0 Å². The van der Waals surface area contributed by atoms with Crippen LogP contribution in [0.1, 0.15) is 106 Å². The number of methoxy groups -OCH3 is 1. The lowest BCUT2D eigenvalue weighted by Crippen LogP contribution is -2.27. The first-order valence-electron chi connectivity index (χ1n) is 21.5. The lowest BCUT2D eigenvalue weighted by atomic mass is 9.79. The van der Waals surface area contributed by atoms with E-state index in [1.165, 1.54) is 13.2 Å². The average Bonchev–Trinajstić information content (AvgIpc) is 3.40. The summed E-state index contributed by atoms with van der Waals surface area (Å²) >= 11 is 0. The Balaban J connectivity index is 1.46. The van der Waals surface area contributed by atoms with E-state index < -0.39 is 12.0 Å². The molecule has 5 aromatic carbocycles. The molecule has 2 aliphatic rings. The van der Waals surface area contributed by atoms with Crippen molar-refractivity contribution in [2.75, 3.05) is 39.4 Å². The molecule has 1 fully saturated rings. The molecule has 60 heavy (non-hydrogen) atoms. The maximum atomic E-state index is 15.5. The number of phenolic OH excluding ortho intramolecular Hbond substituents is 1. The van der Waals surface area contributed by atoms with Gasteiger partial charge >= 0.3 is 11.9 Å². The molecule has 1 unspecified atom stereocenters. The van der Waals surface area contributed by atoms with E-state index in [0.717, 1.165) is 55.0 Å². The minimum absolute atomic E-state index is 0.0682. The molecule has 0 saturated heterocycles. The van der Waals surface area contributed by atoms with E-state index in [9.17, 15) is 29.7 Å². The average molecular weight is 823 g/mol. The van der Waals surface area contributed by atoms with Gasteiger partial charge in [-0.25, -0.2) is 0 Å². The molecule has 0 aliphatic heterocycles. The van der Waals surface area contributed by atoms with Crippen LogP contribution in [-0.2, 0) is 45.1 Å². The van der Waals surface area contributed by atoms with E-state index in [4.69, 9.17) is 14.2 Å². The number of nitrogens with one attached hydrogen (secondary N) is 2. The van der Waals surface area contributed by atoms with Crippen molar-refractivity contribution in [1.82, 2.24) is 5.32 Å². The van der Waals surface area contributed by atoms with E-state index in [1.54, 1.807) is 7.05 Å². The lowest BCUT2D eigenvalue weighted by Gasteiger charge is -2.28. The molecule has 0 radical (unpaired) electrons. The molecule has 5 N–H and O–H groups in total. The van der Waals surface area contributed by atoms with E-state index in [0.29, 0.717) is 106 Å². The highest BCUT2D eigenvalue weighted by Gasteiger charge is 2.33. The van der Waals surface area contributed by atoms with Crippen molar-refractivity contribution in [2.24, 2.45) is 17.8 Å². The fourth-order valence-electron chi connectivity index (χ4n) is 10.1. The zero-order chi connectivity index (χ0) is 42.8. The topological polar surface area (TPSA) is 181 Å². The number of anilines is 1. The SMILES string of the molecule is CCOC(=O)C1CCC(CNc2cc(CO)c3c4c(CO)cc(=O)c5c(O)c(OC)c6c(c7c(c(CCC(CC)CCCC(=O)OCNC)c(=O)c2c37)C=C(C)C6)c54)CC1. The summed E-state index contributed by atoms with van der Waals surface area (Å²) in [5, 5.41) is 44.4. The Morgan fingerprint density at radius 1 is 0.883 bits per heavy atom. The van der Waals surface area contributed by atoms with Gasteiger partial charge in [0.25, 0.3) is 0 Å². The number of hydrogen-bond acceptors (Lipinski definition) is 12. The van der Waals surface area contributed by atoms with Gasteiger partial charge in [-0.05, 0) is 141 Å². The van der Waals surface area contributed by atoms with Gasteiger partial charge in [0.15, 0.2) is 22.4 Å². The standard InChI is InChI=1S/C48H58N2O10/c1-6-26(9-8-10-36(54)60-24-49-4)13-16-31-32-17-25(3)18-33-40-39(32)43-37(38-30(23-52)20-35(53)42(44(38)40)46(56)47(33)58-5)29(22-51)19-34(41(43)45(31)55)50-21-27-11-14-28(15-12-27)48(57)59-7-2/h17,19-20,26-28,49-52,56H,6-16,18,21-24H2,1-5H3. The first-order valence-corrected chi connectivity index (χ1v) is 21.5. The van der Waals surface area contributed by atoms with Crippen molar-refractivity contribution in [3.8, 4) is 11.5 Å². The molecule has 12 nitrogen and oxygen atoms in total. The number of aliphatic hydroxyl groups excluding tert-OH is 2. The monoisotopic (exact) mass is 822 g/mol. The maximum absolute atomic E-state index is 15.5. The Labute approximate surface area is 349 Å². The molecular formula is C48H58N2O10. The minimum atomic E-state index is -0.476. The third kappa shape index (κ3) is 7.74. The minimum Gasteiger partial charge on any atom is -0.504 e. The predicted molar refractivity (Wildman–Crippen MR) is 235 cm³/mol. The number of fused-ring (bicyclic) bond motifs is 1. The molecule has 1 atom stereocenters. The molecule has 0 spiro atoms. The van der Waals surface area contributed by atoms with Crippen LogP contribution >= 0.6 is 0 Å². The molecule has 7 rings (SSSR count). The largest absolute Gasteiger partial charge is 0.504 e. The van der Waals surface area contributed by atoms with Gasteiger partial charge in [0, 0.05) is 40.6 Å². The lowest BCUT2D eigenvalue weighted by molar-refractivity contribution is -0.149. The number of aliphatic hydroxyl groups is 2. The Morgan fingerprint density at radius 2 is 1.58 bits per heavy atom. The first kappa shape index (κ1) is 43.1. The number of phenols is 1. The van der Waals surface area contributed by atoms with Gasteiger partial charge in [-0.3, -0.25) is 24.5 Å². The maximum Gasteiger partial charge on any atom is 0.308 e. The van der Waals surface area contributed by atoms with Crippen LogP contribution in [0.4, 0.5) is 5.69 Å². The van der Waals surface area contributed by atoms with Crippen LogP contribution in [0.3, 0.4) is 0 Å². The van der Waals surface area contributed by atoms with Gasteiger partial charge < -0.3 is 34.8 Å². The van der Waals surface area contributed by atoms with Gasteiger partial charge in [0.05, 0.1) is 43.6 Å². The number of carbonyl (C=O) groups is 2. The predicted octanol–water partition coefficient (Wildman–Crippen LogP) is 7.18. The number of allylic oxidation sites excluding steroid dienone is 1. The molecular weight excluding hydrogens is 765 g/mol. The summed E-state index contributed by atoms with van der Waals surface area (Å²) in [4.78, 5) is 54.2. The zero-order valence-corrected chi connectivity index (χ0v) is 35.5. The summed E-state index contributed by atoms with van der Waals surface area (Å²) in [5.74, 6) is -0.133. The Bertz CT molecular complexity index is 2580. The highest BCUT2D eigenvalue weighted by atomic mass is 16.5. The Morgan fingerprint density at radius 3 is 2.23 bits per heavy atom. The number of benzene rings is 5. The van der Waals surface area contributed by atoms with Crippen LogP contribution in [0.15, 0.2) is 27.3 Å². The summed E-state index contributed by atoms with van der Waals surface area (Å²) in [6.45, 7) is 6.13. The van der Waals surface area contributed by atoms with Crippen LogP contribution in [-0.4, -0.2) is 61.3 Å². The number of ether oxygens (including phenoxy) is 3. The third-order valence-corrected chi connectivity index (χ3v) is 13.1. The number of rotatable bonds is 18. The summed E-state index contributed by atoms with van der Waals surface area (Å²) in [7, 11) is 3.19. The van der Waals surface area contributed by atoms with E-state index in [2.05, 4.69) is 23.6 Å². The zero-order valence-electron chi connectivity index (χ0n) is 35.5. The molecule has 1 saturated carbocycles. The molecule has 0 amide bonds. The van der Waals surface area contributed by atoms with Crippen molar-refractivity contribution in [2.45, 2.75) is 105 Å². The fraction of sp³-hybridized carbons (Fsp3) is 0.500. The first-order chi connectivity index (χ1) is 29.0. The quantitative estimate of drug-likeness (QED) is 0.0260. The number of aromatic hydroxyl groups is 1. The summed E-state index contributed by atoms with van der Waals surface area (Å²) in [6.07, 6.45) is 9.31. The third-order valence-electron chi connectivity index (χ3n) is 13.1. The van der Waals surface area contributed by atoms with Crippen molar-refractivity contribution in [1.29, 1.82) is 0 Å². The normalized spacial score (nSPS) is 17.1. The van der Waals surface area contributed by atoms with Crippen molar-refractivity contribution in [3.63, 3.8) is 0 Å². The second-order valence-electron chi connectivity index (χ2n) is 16.8. The molecule has 2 aliphatic carbocycles. The van der Waals surface area contributed by atoms with Crippen LogP contribution in [0, 0.1) is 17.8 Å². The van der Waals surface area contributed by atoms with Crippen molar-refractivity contribution in [3.05, 3.63) is 66.0 Å². The van der Waals surface area contributed by atoms with Gasteiger partial charge in [-0.2, -0.15) is 0 Å². The van der Waals surface area contributed by atoms with Crippen molar-refractivity contribution < 1.29 is 39.1 Å². The smallest absolute Gasteiger partial charge is 0.308 e. The van der Waals surface area contributed by atoms with Crippen LogP contribution in [0.5, 0.6) is 11.5 Å². The molecule has 5 aromatic rings. The molecule has 0 aromatic heterocycles. The number of esters is 2. The molecule has 12 heteroatoms. The van der Waals surface area contributed by atoms with E-state index >= 15 is 4.79 Å². The van der Waals surface area contributed by atoms with Crippen molar-refractivity contribution >= 4 is 66.8 Å². The highest BCUT2D eigenvalue weighted by Crippen LogP contribution is 2.53. The summed E-state index contributed by atoms with van der Waals surface area (Å²) in [5.41, 5.74) is 3.86. The van der Waals surface area contributed by atoms with Gasteiger partial charge in [-0.15, -0.1) is 0 Å². The summed E-state index contributed by atoms with van der Waals surface area (Å²) in [6, 6.07) is 3.16. The second-order valence-corrected chi connectivity index (χ2v) is 16.8. The highest BCUT2D eigenvalue weighted by molar-refractivity contribution is 6.38. The number of hydrogen-bond donors (Lipinski definition) is 5. The van der Waals surface area contributed by atoms with Crippen LogP contribution in [0.2, 0.25) is 0 Å². The second kappa shape index (κ2) is 18.3. The number of carbonyl (C=O) groups excluding carboxylic acids is 2. The molecule has 0 bridgehead atoms. The molecule has 0 heterocycles. The molecule has 320 valence electrons.